The first-order valence-corrected chi connectivity index (χ1v) is 6.20. The minimum Gasteiger partial charge on any atom is -0.496 e. The van der Waals surface area contributed by atoms with Crippen LogP contribution in [0.25, 0.3) is 0 Å². The number of rotatable bonds is 4. The molecule has 3 nitrogen and oxygen atoms in total. The fourth-order valence-electron chi connectivity index (χ4n) is 2.16. The van der Waals surface area contributed by atoms with Crippen LogP contribution in [0.4, 0.5) is 5.69 Å². The van der Waals surface area contributed by atoms with Crippen LogP contribution < -0.4 is 15.2 Å². The van der Waals surface area contributed by atoms with Crippen molar-refractivity contribution in [3.8, 4) is 11.5 Å². The lowest BCUT2D eigenvalue weighted by Gasteiger charge is -2.11. The van der Waals surface area contributed by atoms with Gasteiger partial charge in [-0.25, -0.2) is 0 Å². The third-order valence-electron chi connectivity index (χ3n) is 3.12. The lowest BCUT2D eigenvalue weighted by atomic mass is 10.0. The summed E-state index contributed by atoms with van der Waals surface area (Å²) in [6.45, 7) is 2.07. The van der Waals surface area contributed by atoms with Gasteiger partial charge in [0.2, 0.25) is 0 Å². The summed E-state index contributed by atoms with van der Waals surface area (Å²) in [6, 6.07) is 12.0. The molecule has 0 aromatic heterocycles. The predicted molar refractivity (Wildman–Crippen MR) is 77.9 cm³/mol. The number of benzene rings is 2. The van der Waals surface area contributed by atoms with Crippen LogP contribution in [0.5, 0.6) is 11.5 Å². The normalized spacial score (nSPS) is 10.3. The molecule has 2 rings (SSSR count). The van der Waals surface area contributed by atoms with Gasteiger partial charge in [-0.15, -0.1) is 0 Å². The van der Waals surface area contributed by atoms with Crippen LogP contribution in [0, 0.1) is 6.92 Å². The van der Waals surface area contributed by atoms with E-state index in [4.69, 9.17) is 15.2 Å². The zero-order chi connectivity index (χ0) is 13.8. The van der Waals surface area contributed by atoms with Crippen LogP contribution in [-0.4, -0.2) is 14.2 Å². The van der Waals surface area contributed by atoms with Crippen LogP contribution in [0.1, 0.15) is 16.7 Å². The first-order valence-electron chi connectivity index (χ1n) is 6.20. The summed E-state index contributed by atoms with van der Waals surface area (Å²) in [5.41, 5.74) is 10.1. The van der Waals surface area contributed by atoms with E-state index in [1.54, 1.807) is 14.2 Å². The molecule has 0 atom stereocenters. The van der Waals surface area contributed by atoms with E-state index in [1.807, 2.05) is 30.3 Å². The van der Waals surface area contributed by atoms with Gasteiger partial charge in [0, 0.05) is 6.42 Å². The van der Waals surface area contributed by atoms with Gasteiger partial charge in [0.15, 0.2) is 0 Å². The van der Waals surface area contributed by atoms with Gasteiger partial charge < -0.3 is 15.2 Å². The summed E-state index contributed by atoms with van der Waals surface area (Å²) in [6.07, 6.45) is 0.791. The Labute approximate surface area is 114 Å². The lowest BCUT2D eigenvalue weighted by Crippen LogP contribution is -1.97. The molecule has 0 saturated carbocycles. The van der Waals surface area contributed by atoms with Crippen LogP contribution >= 0.6 is 0 Å². The molecular weight excluding hydrogens is 238 g/mol. The van der Waals surface area contributed by atoms with Gasteiger partial charge in [-0.2, -0.15) is 0 Å². The van der Waals surface area contributed by atoms with Crippen LogP contribution in [0.15, 0.2) is 36.4 Å². The molecule has 100 valence electrons. The number of hydrogen-bond donors (Lipinski definition) is 1. The highest BCUT2D eigenvalue weighted by Crippen LogP contribution is 2.26. The highest BCUT2D eigenvalue weighted by molar-refractivity contribution is 5.55. The van der Waals surface area contributed by atoms with E-state index in [0.717, 1.165) is 23.3 Å². The summed E-state index contributed by atoms with van der Waals surface area (Å²) < 4.78 is 10.6. The number of nitrogen functional groups attached to an aromatic ring is 1. The number of hydrogen-bond acceptors (Lipinski definition) is 3. The predicted octanol–water partition coefficient (Wildman–Crippen LogP) is 3.19. The second-order valence-corrected chi connectivity index (χ2v) is 4.57. The van der Waals surface area contributed by atoms with E-state index in [0.29, 0.717) is 11.4 Å². The number of methoxy groups -OCH3 is 2. The van der Waals surface area contributed by atoms with Crippen molar-refractivity contribution in [2.75, 3.05) is 20.0 Å². The lowest BCUT2D eigenvalue weighted by molar-refractivity contribution is 0.410. The van der Waals surface area contributed by atoms with Gasteiger partial charge in [-0.05, 0) is 36.2 Å². The van der Waals surface area contributed by atoms with Gasteiger partial charge in [-0.3, -0.25) is 0 Å². The van der Waals surface area contributed by atoms with Gasteiger partial charge in [0.05, 0.1) is 19.9 Å². The standard InChI is InChI=1S/C16H19NO2/c1-11-4-6-15(18-2)13(8-11)9-12-5-7-16(19-3)14(17)10-12/h4-8,10H,9,17H2,1-3H3. The molecule has 0 aliphatic carbocycles. The maximum Gasteiger partial charge on any atom is 0.141 e. The van der Waals surface area contributed by atoms with E-state index in [-0.39, 0.29) is 0 Å². The van der Waals surface area contributed by atoms with Crippen molar-refractivity contribution < 1.29 is 9.47 Å². The molecule has 3 heteroatoms. The molecular formula is C16H19NO2. The third-order valence-corrected chi connectivity index (χ3v) is 3.12. The molecule has 2 N–H and O–H groups in total. The highest BCUT2D eigenvalue weighted by atomic mass is 16.5. The molecule has 0 radical (unpaired) electrons. The number of aryl methyl sites for hydroxylation is 1. The Bertz CT molecular complexity index is 579. The fraction of sp³-hybridized carbons (Fsp3) is 0.250. The Balaban J connectivity index is 2.30. The van der Waals surface area contributed by atoms with Crippen LogP contribution in [-0.2, 0) is 6.42 Å². The largest absolute Gasteiger partial charge is 0.496 e. The second-order valence-electron chi connectivity index (χ2n) is 4.57. The van der Waals surface area contributed by atoms with Crippen molar-refractivity contribution in [2.24, 2.45) is 0 Å². The van der Waals surface area contributed by atoms with Crippen molar-refractivity contribution >= 4 is 5.69 Å². The van der Waals surface area contributed by atoms with E-state index in [2.05, 4.69) is 13.0 Å². The Morgan fingerprint density at radius 2 is 1.63 bits per heavy atom. The maximum absolute atomic E-state index is 5.93. The molecule has 0 fully saturated rings. The zero-order valence-electron chi connectivity index (χ0n) is 11.6. The zero-order valence-corrected chi connectivity index (χ0v) is 11.6. The second kappa shape index (κ2) is 5.65. The minimum atomic E-state index is 0.659. The Morgan fingerprint density at radius 3 is 2.26 bits per heavy atom. The van der Waals surface area contributed by atoms with Crippen molar-refractivity contribution in [1.29, 1.82) is 0 Å². The van der Waals surface area contributed by atoms with E-state index >= 15 is 0 Å². The quantitative estimate of drug-likeness (QED) is 0.855. The molecule has 2 aromatic rings. The van der Waals surface area contributed by atoms with E-state index in [9.17, 15) is 0 Å². The SMILES string of the molecule is COc1ccc(Cc2cc(C)ccc2OC)cc1N. The molecule has 0 amide bonds. The average molecular weight is 257 g/mol. The highest BCUT2D eigenvalue weighted by Gasteiger charge is 2.06. The summed E-state index contributed by atoms with van der Waals surface area (Å²) in [5, 5.41) is 0. The van der Waals surface area contributed by atoms with Crippen molar-refractivity contribution in [2.45, 2.75) is 13.3 Å². The van der Waals surface area contributed by atoms with Crippen LogP contribution in [0.2, 0.25) is 0 Å². The first-order chi connectivity index (χ1) is 9.13. The van der Waals surface area contributed by atoms with Crippen LogP contribution in [0.3, 0.4) is 0 Å². The summed E-state index contributed by atoms with van der Waals surface area (Å²) in [7, 11) is 3.31. The Kier molecular flexibility index (Phi) is 3.95. The number of anilines is 1. The molecule has 0 unspecified atom stereocenters. The molecule has 0 bridgehead atoms. The number of nitrogens with two attached hydrogens (primary N) is 1. The van der Waals surface area contributed by atoms with Crippen molar-refractivity contribution in [3.05, 3.63) is 53.1 Å². The monoisotopic (exact) mass is 257 g/mol. The Hall–Kier alpha value is -2.16. The molecule has 0 spiro atoms. The molecule has 0 aliphatic heterocycles. The molecule has 2 aromatic carbocycles. The molecule has 0 heterocycles. The van der Waals surface area contributed by atoms with E-state index in [1.165, 1.54) is 5.56 Å². The Morgan fingerprint density at radius 1 is 0.947 bits per heavy atom. The van der Waals surface area contributed by atoms with Gasteiger partial charge >= 0.3 is 0 Å². The smallest absolute Gasteiger partial charge is 0.141 e. The minimum absolute atomic E-state index is 0.659. The molecule has 0 aliphatic rings. The van der Waals surface area contributed by atoms with Gasteiger partial charge in [-0.1, -0.05) is 23.8 Å². The number of ether oxygens (including phenoxy) is 2. The van der Waals surface area contributed by atoms with Crippen molar-refractivity contribution in [1.82, 2.24) is 0 Å². The topological polar surface area (TPSA) is 44.5 Å². The van der Waals surface area contributed by atoms with Gasteiger partial charge in [0.1, 0.15) is 11.5 Å². The molecule has 19 heavy (non-hydrogen) atoms. The summed E-state index contributed by atoms with van der Waals surface area (Å²) >= 11 is 0. The van der Waals surface area contributed by atoms with Gasteiger partial charge in [0.25, 0.3) is 0 Å². The van der Waals surface area contributed by atoms with E-state index < -0.39 is 0 Å². The average Bonchev–Trinajstić information content (AvgIpc) is 2.39. The molecule has 0 saturated heterocycles. The van der Waals surface area contributed by atoms with Crippen molar-refractivity contribution in [3.63, 3.8) is 0 Å². The third kappa shape index (κ3) is 2.99. The first kappa shape index (κ1) is 13.3. The maximum atomic E-state index is 5.93. The fourth-order valence-corrected chi connectivity index (χ4v) is 2.16. The summed E-state index contributed by atoms with van der Waals surface area (Å²) in [4.78, 5) is 0. The summed E-state index contributed by atoms with van der Waals surface area (Å²) in [5.74, 6) is 1.61.